The predicted octanol–water partition coefficient (Wildman–Crippen LogP) is 0.0814. The van der Waals surface area contributed by atoms with E-state index in [0.717, 1.165) is 29.9 Å². The number of nitrogens with one attached hydrogen (secondary N) is 2. The van der Waals surface area contributed by atoms with E-state index >= 15 is 0 Å². The molecule has 70 valence electrons. The maximum absolute atomic E-state index is 10.9. The molecule has 1 aliphatic rings. The van der Waals surface area contributed by atoms with Gasteiger partial charge in [0.2, 0.25) is 0 Å². The molecule has 0 unspecified atom stereocenters. The first-order valence-corrected chi connectivity index (χ1v) is 5.22. The maximum Gasteiger partial charge on any atom is 0.251 e. The average Bonchev–Trinajstić information content (AvgIpc) is 2.01. The lowest BCUT2D eigenvalue weighted by Crippen LogP contribution is -2.43. The molecule has 0 aromatic carbocycles. The fraction of sp³-hybridized carbons (Fsp3) is 0.500. The first kappa shape index (κ1) is 8.77. The highest BCUT2D eigenvalue weighted by Crippen LogP contribution is 2.17. The molecule has 2 rings (SSSR count). The maximum atomic E-state index is 10.9. The van der Waals surface area contributed by atoms with Gasteiger partial charge < -0.3 is 10.3 Å². The molecule has 13 heavy (non-hydrogen) atoms. The van der Waals surface area contributed by atoms with Crippen LogP contribution in [-0.4, -0.2) is 28.8 Å². The van der Waals surface area contributed by atoms with Gasteiger partial charge in [0.15, 0.2) is 5.16 Å². The quantitative estimate of drug-likeness (QED) is 0.532. The van der Waals surface area contributed by atoms with Gasteiger partial charge in [0.05, 0.1) is 0 Å². The van der Waals surface area contributed by atoms with E-state index < -0.39 is 0 Å². The molecule has 2 N–H and O–H groups in total. The van der Waals surface area contributed by atoms with E-state index in [2.05, 4.69) is 15.3 Å². The first-order valence-electron chi connectivity index (χ1n) is 4.23. The van der Waals surface area contributed by atoms with Crippen molar-refractivity contribution in [3.05, 3.63) is 22.6 Å². The predicted molar refractivity (Wildman–Crippen MR) is 51.9 cm³/mol. The molecular formula is C8H11N3OS. The summed E-state index contributed by atoms with van der Waals surface area (Å²) in [4.78, 5) is 17.6. The molecule has 1 fully saturated rings. The van der Waals surface area contributed by atoms with Crippen molar-refractivity contribution in [2.75, 3.05) is 18.8 Å². The second kappa shape index (κ2) is 3.93. The van der Waals surface area contributed by atoms with Gasteiger partial charge in [-0.3, -0.25) is 4.79 Å². The Morgan fingerprint density at radius 2 is 2.46 bits per heavy atom. The zero-order valence-electron chi connectivity index (χ0n) is 7.12. The molecule has 0 spiro atoms. The van der Waals surface area contributed by atoms with Crippen molar-refractivity contribution in [1.29, 1.82) is 0 Å². The van der Waals surface area contributed by atoms with Gasteiger partial charge in [0.1, 0.15) is 0 Å². The first-order chi connectivity index (χ1) is 6.34. The van der Waals surface area contributed by atoms with Crippen LogP contribution in [0, 0.1) is 5.92 Å². The monoisotopic (exact) mass is 197 g/mol. The number of aromatic amines is 1. The Hall–Kier alpha value is -0.810. The van der Waals surface area contributed by atoms with Crippen LogP contribution in [0.5, 0.6) is 0 Å². The summed E-state index contributed by atoms with van der Waals surface area (Å²) >= 11 is 1.61. The van der Waals surface area contributed by atoms with Crippen LogP contribution in [0.15, 0.2) is 22.2 Å². The van der Waals surface area contributed by atoms with Crippen molar-refractivity contribution in [3.8, 4) is 0 Å². The lowest BCUT2D eigenvalue weighted by Gasteiger charge is -2.26. The van der Waals surface area contributed by atoms with Gasteiger partial charge in [-0.15, -0.1) is 0 Å². The van der Waals surface area contributed by atoms with E-state index in [4.69, 9.17) is 0 Å². The molecule has 0 aliphatic carbocycles. The molecule has 0 bridgehead atoms. The Morgan fingerprint density at radius 3 is 3.08 bits per heavy atom. The lowest BCUT2D eigenvalue weighted by molar-refractivity contribution is 0.385. The minimum atomic E-state index is -0.0794. The fourth-order valence-corrected chi connectivity index (χ4v) is 2.03. The number of H-pyrrole nitrogens is 1. The van der Waals surface area contributed by atoms with Crippen LogP contribution in [-0.2, 0) is 0 Å². The molecule has 4 nitrogen and oxygen atoms in total. The summed E-state index contributed by atoms with van der Waals surface area (Å²) in [5.74, 6) is 1.76. The highest BCUT2D eigenvalue weighted by molar-refractivity contribution is 7.99. The summed E-state index contributed by atoms with van der Waals surface area (Å²) in [5.41, 5.74) is -0.0794. The van der Waals surface area contributed by atoms with Gasteiger partial charge in [0.25, 0.3) is 5.56 Å². The Kier molecular flexibility index (Phi) is 2.65. The van der Waals surface area contributed by atoms with Crippen molar-refractivity contribution in [2.45, 2.75) is 5.16 Å². The average molecular weight is 197 g/mol. The van der Waals surface area contributed by atoms with Crippen LogP contribution in [0.1, 0.15) is 0 Å². The van der Waals surface area contributed by atoms with Crippen LogP contribution >= 0.6 is 11.8 Å². The van der Waals surface area contributed by atoms with E-state index in [-0.39, 0.29) is 5.56 Å². The van der Waals surface area contributed by atoms with Crippen molar-refractivity contribution >= 4 is 11.8 Å². The minimum absolute atomic E-state index is 0.0794. The molecule has 1 aromatic heterocycles. The van der Waals surface area contributed by atoms with Crippen LogP contribution in [0.2, 0.25) is 0 Å². The van der Waals surface area contributed by atoms with Crippen molar-refractivity contribution in [3.63, 3.8) is 0 Å². The van der Waals surface area contributed by atoms with Crippen LogP contribution in [0.3, 0.4) is 0 Å². The molecule has 5 heteroatoms. The normalized spacial score (nSPS) is 16.9. The van der Waals surface area contributed by atoms with Gasteiger partial charge in [-0.2, -0.15) is 0 Å². The third-order valence-electron chi connectivity index (χ3n) is 1.97. The zero-order valence-corrected chi connectivity index (χ0v) is 7.93. The second-order valence-corrected chi connectivity index (χ2v) is 4.08. The molecule has 2 heterocycles. The molecular weight excluding hydrogens is 186 g/mol. The standard InChI is InChI=1S/C8H11N3OS/c12-7-1-2-10-8(11-7)13-5-6-3-9-4-6/h1-2,6,9H,3-5H2,(H,10,11,12). The summed E-state index contributed by atoms with van der Waals surface area (Å²) < 4.78 is 0. The van der Waals surface area contributed by atoms with Gasteiger partial charge in [-0.1, -0.05) is 11.8 Å². The van der Waals surface area contributed by atoms with Crippen molar-refractivity contribution in [2.24, 2.45) is 5.92 Å². The highest BCUT2D eigenvalue weighted by Gasteiger charge is 2.16. The molecule has 0 atom stereocenters. The number of rotatable bonds is 3. The third kappa shape index (κ3) is 2.32. The summed E-state index contributed by atoms with van der Waals surface area (Å²) in [7, 11) is 0. The van der Waals surface area contributed by atoms with Crippen LogP contribution < -0.4 is 10.9 Å². The smallest absolute Gasteiger partial charge is 0.251 e. The van der Waals surface area contributed by atoms with E-state index in [1.807, 2.05) is 0 Å². The number of aromatic nitrogens is 2. The second-order valence-electron chi connectivity index (χ2n) is 3.07. The Morgan fingerprint density at radius 1 is 1.62 bits per heavy atom. The Bertz CT molecular complexity index is 334. The SMILES string of the molecule is O=c1ccnc(SCC2CNC2)[nH]1. The van der Waals surface area contributed by atoms with Crippen molar-refractivity contribution in [1.82, 2.24) is 15.3 Å². The summed E-state index contributed by atoms with van der Waals surface area (Å²) in [5, 5.41) is 3.92. The van der Waals surface area contributed by atoms with Gasteiger partial charge in [0, 0.05) is 18.0 Å². The largest absolute Gasteiger partial charge is 0.316 e. The van der Waals surface area contributed by atoms with Gasteiger partial charge >= 0.3 is 0 Å². The molecule has 1 saturated heterocycles. The fourth-order valence-electron chi connectivity index (χ4n) is 1.09. The van der Waals surface area contributed by atoms with E-state index in [0.29, 0.717) is 0 Å². The molecule has 0 radical (unpaired) electrons. The summed E-state index contributed by atoms with van der Waals surface area (Å²) in [6.07, 6.45) is 1.54. The number of nitrogens with zero attached hydrogens (tertiary/aromatic N) is 1. The number of thioether (sulfide) groups is 1. The van der Waals surface area contributed by atoms with Crippen LogP contribution in [0.4, 0.5) is 0 Å². The topological polar surface area (TPSA) is 57.8 Å². The van der Waals surface area contributed by atoms with Gasteiger partial charge in [-0.05, 0) is 19.0 Å². The highest BCUT2D eigenvalue weighted by atomic mass is 32.2. The Balaban J connectivity index is 1.89. The van der Waals surface area contributed by atoms with Gasteiger partial charge in [-0.25, -0.2) is 4.98 Å². The number of hydrogen-bond acceptors (Lipinski definition) is 4. The summed E-state index contributed by atoms with van der Waals surface area (Å²) in [6, 6.07) is 1.43. The molecule has 0 amide bonds. The number of hydrogen-bond donors (Lipinski definition) is 2. The summed E-state index contributed by atoms with van der Waals surface area (Å²) in [6.45, 7) is 2.17. The zero-order chi connectivity index (χ0) is 9.10. The van der Waals surface area contributed by atoms with E-state index in [1.54, 1.807) is 18.0 Å². The minimum Gasteiger partial charge on any atom is -0.316 e. The Labute approximate surface area is 80.2 Å². The van der Waals surface area contributed by atoms with Crippen molar-refractivity contribution < 1.29 is 0 Å². The van der Waals surface area contributed by atoms with E-state index in [9.17, 15) is 4.79 Å². The molecule has 0 saturated carbocycles. The molecule has 1 aliphatic heterocycles. The van der Waals surface area contributed by atoms with E-state index in [1.165, 1.54) is 6.07 Å². The van der Waals surface area contributed by atoms with Crippen LogP contribution in [0.25, 0.3) is 0 Å². The molecule has 1 aromatic rings. The third-order valence-corrected chi connectivity index (χ3v) is 3.09. The lowest BCUT2D eigenvalue weighted by atomic mass is 10.1.